The summed E-state index contributed by atoms with van der Waals surface area (Å²) in [7, 11) is -1.20. The lowest BCUT2D eigenvalue weighted by Crippen LogP contribution is -2.24. The van der Waals surface area contributed by atoms with E-state index in [0.717, 1.165) is 21.8 Å². The molecule has 1 aliphatic heterocycles. The molecule has 0 N–H and O–H groups in total. The zero-order valence-corrected chi connectivity index (χ0v) is 16.8. The minimum absolute atomic E-state index is 0.0756. The number of thiophene rings is 1. The van der Waals surface area contributed by atoms with Gasteiger partial charge in [-0.3, -0.25) is 9.48 Å². The molecule has 0 spiro atoms. The van der Waals surface area contributed by atoms with Crippen LogP contribution in [-0.2, 0) is 21.2 Å². The van der Waals surface area contributed by atoms with Gasteiger partial charge in [0.05, 0.1) is 23.2 Å². The molecule has 140 valence electrons. The second kappa shape index (κ2) is 7.36. The van der Waals surface area contributed by atoms with Crippen LogP contribution in [-0.4, -0.2) is 47.6 Å². The van der Waals surface area contributed by atoms with Gasteiger partial charge in [-0.05, 0) is 37.8 Å². The molecule has 3 rings (SSSR count). The van der Waals surface area contributed by atoms with Crippen molar-refractivity contribution in [1.29, 1.82) is 0 Å². The molecule has 1 amide bonds. The normalized spacial score (nSPS) is 19.3. The lowest BCUT2D eigenvalue weighted by atomic mass is 10.1. The summed E-state index contributed by atoms with van der Waals surface area (Å²) in [6, 6.07) is 3.80. The number of hydrogen-bond donors (Lipinski definition) is 0. The first-order chi connectivity index (χ1) is 12.3. The molecule has 2 aromatic heterocycles. The summed E-state index contributed by atoms with van der Waals surface area (Å²) < 4.78 is 25.3. The van der Waals surface area contributed by atoms with Crippen molar-refractivity contribution >= 4 is 33.2 Å². The molecule has 0 bridgehead atoms. The molecule has 1 fully saturated rings. The smallest absolute Gasteiger partial charge is 0.246 e. The predicted octanol–water partition coefficient (Wildman–Crippen LogP) is 2.59. The Kier molecular flexibility index (Phi) is 5.34. The lowest BCUT2D eigenvalue weighted by Gasteiger charge is -2.16. The van der Waals surface area contributed by atoms with Gasteiger partial charge in [0.1, 0.15) is 0 Å². The highest BCUT2D eigenvalue weighted by molar-refractivity contribution is 7.91. The molecule has 6 nitrogen and oxygen atoms in total. The van der Waals surface area contributed by atoms with Gasteiger partial charge in [0.2, 0.25) is 5.91 Å². The van der Waals surface area contributed by atoms with Crippen LogP contribution in [0.25, 0.3) is 6.08 Å². The van der Waals surface area contributed by atoms with Crippen molar-refractivity contribution in [1.82, 2.24) is 14.7 Å². The third-order valence-electron chi connectivity index (χ3n) is 4.73. The summed E-state index contributed by atoms with van der Waals surface area (Å²) in [5.74, 6) is 0.289. The monoisotopic (exact) mass is 393 g/mol. The highest BCUT2D eigenvalue weighted by Crippen LogP contribution is 2.27. The van der Waals surface area contributed by atoms with E-state index >= 15 is 0 Å². The van der Waals surface area contributed by atoms with E-state index in [4.69, 9.17) is 0 Å². The van der Waals surface area contributed by atoms with Crippen LogP contribution in [0, 0.1) is 13.8 Å². The first-order valence-corrected chi connectivity index (χ1v) is 11.2. The Balaban J connectivity index is 1.72. The molecule has 0 aliphatic carbocycles. The molecule has 8 heteroatoms. The van der Waals surface area contributed by atoms with Crippen molar-refractivity contribution in [2.75, 3.05) is 18.6 Å². The van der Waals surface area contributed by atoms with Gasteiger partial charge in [0.25, 0.3) is 0 Å². The van der Waals surface area contributed by atoms with Crippen molar-refractivity contribution in [3.8, 4) is 0 Å². The van der Waals surface area contributed by atoms with Gasteiger partial charge in [-0.2, -0.15) is 5.10 Å². The zero-order chi connectivity index (χ0) is 18.9. The zero-order valence-electron chi connectivity index (χ0n) is 15.2. The summed E-state index contributed by atoms with van der Waals surface area (Å²) in [4.78, 5) is 15.0. The highest BCUT2D eigenvalue weighted by Gasteiger charge is 2.31. The molecule has 0 radical (unpaired) electrons. The first-order valence-electron chi connectivity index (χ1n) is 8.48. The van der Waals surface area contributed by atoms with Gasteiger partial charge >= 0.3 is 0 Å². The molecule has 1 unspecified atom stereocenters. The average Bonchev–Trinajstić information content (AvgIpc) is 3.28. The minimum Gasteiger partial charge on any atom is -0.338 e. The highest BCUT2D eigenvalue weighted by atomic mass is 32.2. The minimum atomic E-state index is -2.96. The quantitative estimate of drug-likeness (QED) is 0.732. The molecule has 26 heavy (non-hydrogen) atoms. The van der Waals surface area contributed by atoms with E-state index in [0.29, 0.717) is 13.0 Å². The van der Waals surface area contributed by atoms with Crippen LogP contribution in [0.1, 0.15) is 34.3 Å². The van der Waals surface area contributed by atoms with Crippen LogP contribution in [0.2, 0.25) is 0 Å². The number of aryl methyl sites for hydroxylation is 1. The number of carbonyl (C=O) groups is 1. The molecule has 1 aliphatic rings. The van der Waals surface area contributed by atoms with Crippen LogP contribution in [0.5, 0.6) is 0 Å². The molecule has 0 aromatic carbocycles. The van der Waals surface area contributed by atoms with Crippen LogP contribution >= 0.6 is 11.3 Å². The van der Waals surface area contributed by atoms with Crippen molar-refractivity contribution in [3.63, 3.8) is 0 Å². The van der Waals surface area contributed by atoms with Crippen molar-refractivity contribution in [3.05, 3.63) is 45.4 Å². The largest absolute Gasteiger partial charge is 0.338 e. The maximum atomic E-state index is 12.4. The molecule has 1 saturated heterocycles. The fourth-order valence-electron chi connectivity index (χ4n) is 3.23. The van der Waals surface area contributed by atoms with E-state index in [1.165, 1.54) is 0 Å². The molecule has 1 atom stereocenters. The first kappa shape index (κ1) is 18.8. The van der Waals surface area contributed by atoms with Gasteiger partial charge in [-0.25, -0.2) is 8.42 Å². The molecule has 3 heterocycles. The Hall–Kier alpha value is -1.93. The topological polar surface area (TPSA) is 72.3 Å². The number of carbonyl (C=O) groups excluding carboxylic acids is 1. The summed E-state index contributed by atoms with van der Waals surface area (Å²) in [5, 5.41) is 6.53. The van der Waals surface area contributed by atoms with E-state index in [-0.39, 0.29) is 23.5 Å². The van der Waals surface area contributed by atoms with Crippen molar-refractivity contribution in [2.45, 2.75) is 32.9 Å². The summed E-state index contributed by atoms with van der Waals surface area (Å²) in [6.07, 6.45) is 3.99. The van der Waals surface area contributed by atoms with Gasteiger partial charge in [-0.15, -0.1) is 11.3 Å². The Morgan fingerprint density at radius 1 is 1.46 bits per heavy atom. The fraction of sp³-hybridized carbons (Fsp3) is 0.444. The SMILES string of the molecule is Cc1nn(C2CCS(=O)(=O)C2)c(C)c1CN(C)C(=O)/C=C/c1cccs1. The Labute approximate surface area is 158 Å². The van der Waals surface area contributed by atoms with Crippen molar-refractivity contribution < 1.29 is 13.2 Å². The maximum Gasteiger partial charge on any atom is 0.246 e. The Morgan fingerprint density at radius 3 is 2.85 bits per heavy atom. The van der Waals surface area contributed by atoms with Gasteiger partial charge < -0.3 is 4.90 Å². The Bertz CT molecular complexity index is 927. The van der Waals surface area contributed by atoms with Crippen LogP contribution in [0.15, 0.2) is 23.6 Å². The second-order valence-corrected chi connectivity index (χ2v) is 9.90. The fourth-order valence-corrected chi connectivity index (χ4v) is 5.54. The number of likely N-dealkylation sites (N-methyl/N-ethyl adjacent to an activating group) is 1. The number of hydrogen-bond acceptors (Lipinski definition) is 5. The van der Waals surface area contributed by atoms with Gasteiger partial charge in [0.15, 0.2) is 9.84 Å². The second-order valence-electron chi connectivity index (χ2n) is 6.69. The van der Waals surface area contributed by atoms with E-state index in [9.17, 15) is 13.2 Å². The molecule has 0 saturated carbocycles. The van der Waals surface area contributed by atoms with E-state index in [2.05, 4.69) is 5.10 Å². The third-order valence-corrected chi connectivity index (χ3v) is 7.32. The predicted molar refractivity (Wildman–Crippen MR) is 104 cm³/mol. The van der Waals surface area contributed by atoms with E-state index in [1.807, 2.05) is 42.1 Å². The van der Waals surface area contributed by atoms with E-state index in [1.54, 1.807) is 29.4 Å². The van der Waals surface area contributed by atoms with E-state index < -0.39 is 9.84 Å². The van der Waals surface area contributed by atoms with Gasteiger partial charge in [-0.1, -0.05) is 6.07 Å². The van der Waals surface area contributed by atoms with Gasteiger partial charge in [0, 0.05) is 35.8 Å². The number of aromatic nitrogens is 2. The molecular weight excluding hydrogens is 370 g/mol. The number of nitrogens with zero attached hydrogens (tertiary/aromatic N) is 3. The van der Waals surface area contributed by atoms with Crippen molar-refractivity contribution in [2.24, 2.45) is 0 Å². The average molecular weight is 394 g/mol. The van der Waals surface area contributed by atoms with Crippen LogP contribution < -0.4 is 0 Å². The summed E-state index contributed by atoms with van der Waals surface area (Å²) in [5.41, 5.74) is 2.76. The number of sulfone groups is 1. The maximum absolute atomic E-state index is 12.4. The standard InChI is InChI=1S/C18H23N3O3S2/c1-13-17(11-20(3)18(22)7-6-16-5-4-9-25-16)14(2)21(19-13)15-8-10-26(23,24)12-15/h4-7,9,15H,8,10-12H2,1-3H3/b7-6+. The number of rotatable bonds is 5. The lowest BCUT2D eigenvalue weighted by molar-refractivity contribution is -0.125. The Morgan fingerprint density at radius 2 is 2.23 bits per heavy atom. The summed E-state index contributed by atoms with van der Waals surface area (Å²) >= 11 is 1.58. The summed E-state index contributed by atoms with van der Waals surface area (Å²) in [6.45, 7) is 4.30. The third kappa shape index (κ3) is 4.07. The molecule has 2 aromatic rings. The van der Waals surface area contributed by atoms with Crippen LogP contribution in [0.3, 0.4) is 0 Å². The number of amides is 1. The van der Waals surface area contributed by atoms with Crippen LogP contribution in [0.4, 0.5) is 0 Å². The molecular formula is C18H23N3O3S2.